The van der Waals surface area contributed by atoms with Crippen molar-refractivity contribution < 1.29 is 0 Å². The molecule has 0 amide bonds. The standard InChI is InChI=1S/C18H18ClN3S/c1-12(2)17(18-21-8-9-22-18)15-11-20-7-6-16(15)23-14-5-3-4-13(19)10-14/h3-12,17H,1-2H3,(H,21,22). The average Bonchev–Trinajstić information content (AvgIpc) is 3.03. The maximum Gasteiger partial charge on any atom is 0.113 e. The van der Waals surface area contributed by atoms with Gasteiger partial charge in [-0.1, -0.05) is 43.3 Å². The van der Waals surface area contributed by atoms with E-state index in [2.05, 4.69) is 40.9 Å². The summed E-state index contributed by atoms with van der Waals surface area (Å²) in [4.78, 5) is 14.3. The van der Waals surface area contributed by atoms with E-state index >= 15 is 0 Å². The van der Waals surface area contributed by atoms with Crippen molar-refractivity contribution in [3.8, 4) is 0 Å². The number of pyridine rings is 1. The molecule has 0 radical (unpaired) electrons. The fourth-order valence-electron chi connectivity index (χ4n) is 2.65. The molecule has 0 saturated carbocycles. The average molecular weight is 344 g/mol. The number of imidazole rings is 1. The first-order valence-electron chi connectivity index (χ1n) is 7.51. The summed E-state index contributed by atoms with van der Waals surface area (Å²) in [6, 6.07) is 9.96. The second kappa shape index (κ2) is 7.20. The zero-order valence-electron chi connectivity index (χ0n) is 13.0. The molecule has 0 bridgehead atoms. The monoisotopic (exact) mass is 343 g/mol. The fraction of sp³-hybridized carbons (Fsp3) is 0.222. The molecule has 0 saturated heterocycles. The molecule has 118 valence electrons. The lowest BCUT2D eigenvalue weighted by atomic mass is 9.89. The Hall–Kier alpha value is -1.78. The fourth-order valence-corrected chi connectivity index (χ4v) is 3.92. The third-order valence-electron chi connectivity index (χ3n) is 3.65. The van der Waals surface area contributed by atoms with Gasteiger partial charge in [-0.25, -0.2) is 4.98 Å². The van der Waals surface area contributed by atoms with E-state index in [-0.39, 0.29) is 5.92 Å². The molecule has 0 spiro atoms. The number of aromatic nitrogens is 3. The van der Waals surface area contributed by atoms with Crippen LogP contribution in [0.3, 0.4) is 0 Å². The first kappa shape index (κ1) is 16.1. The lowest BCUT2D eigenvalue weighted by Gasteiger charge is -2.21. The van der Waals surface area contributed by atoms with Crippen molar-refractivity contribution in [2.24, 2.45) is 5.92 Å². The molecule has 5 heteroatoms. The van der Waals surface area contributed by atoms with Crippen LogP contribution in [0, 0.1) is 5.92 Å². The van der Waals surface area contributed by atoms with Crippen LogP contribution in [0.4, 0.5) is 0 Å². The summed E-state index contributed by atoms with van der Waals surface area (Å²) in [5.74, 6) is 1.56. The molecule has 0 aliphatic heterocycles. The molecule has 3 rings (SSSR count). The van der Waals surface area contributed by atoms with Gasteiger partial charge < -0.3 is 4.98 Å². The molecule has 1 unspecified atom stereocenters. The maximum atomic E-state index is 6.10. The van der Waals surface area contributed by atoms with Gasteiger partial charge in [0.05, 0.1) is 0 Å². The Morgan fingerprint density at radius 1 is 1.17 bits per heavy atom. The summed E-state index contributed by atoms with van der Waals surface area (Å²) in [6.45, 7) is 4.40. The SMILES string of the molecule is CC(C)C(c1ncc[nH]1)c1cnccc1Sc1cccc(Cl)c1. The minimum atomic E-state index is 0.181. The highest BCUT2D eigenvalue weighted by atomic mass is 35.5. The van der Waals surface area contributed by atoms with Gasteiger partial charge in [-0.2, -0.15) is 0 Å². The molecule has 1 aromatic carbocycles. The van der Waals surface area contributed by atoms with Gasteiger partial charge in [0.15, 0.2) is 0 Å². The highest BCUT2D eigenvalue weighted by Gasteiger charge is 2.23. The van der Waals surface area contributed by atoms with Crippen LogP contribution in [-0.2, 0) is 0 Å². The molecule has 1 atom stereocenters. The largest absolute Gasteiger partial charge is 0.348 e. The lowest BCUT2D eigenvalue weighted by molar-refractivity contribution is 0.535. The van der Waals surface area contributed by atoms with Gasteiger partial charge in [-0.3, -0.25) is 4.98 Å². The van der Waals surface area contributed by atoms with E-state index in [1.165, 1.54) is 10.5 Å². The molecule has 1 N–H and O–H groups in total. The maximum absolute atomic E-state index is 6.10. The number of halogens is 1. The lowest BCUT2D eigenvalue weighted by Crippen LogP contribution is -2.11. The Bertz CT molecular complexity index is 771. The summed E-state index contributed by atoms with van der Waals surface area (Å²) in [5, 5.41) is 0.747. The van der Waals surface area contributed by atoms with Crippen LogP contribution in [0.5, 0.6) is 0 Å². The number of hydrogen-bond acceptors (Lipinski definition) is 3. The van der Waals surface area contributed by atoms with Crippen LogP contribution in [0.2, 0.25) is 5.02 Å². The number of aromatic amines is 1. The van der Waals surface area contributed by atoms with E-state index in [9.17, 15) is 0 Å². The van der Waals surface area contributed by atoms with Crippen molar-refractivity contribution in [1.29, 1.82) is 0 Å². The quantitative estimate of drug-likeness (QED) is 0.674. The van der Waals surface area contributed by atoms with Crippen LogP contribution in [0.1, 0.15) is 31.2 Å². The molecule has 2 aromatic heterocycles. The molecular weight excluding hydrogens is 326 g/mol. The van der Waals surface area contributed by atoms with Gasteiger partial charge in [0, 0.05) is 45.5 Å². The number of nitrogens with zero attached hydrogens (tertiary/aromatic N) is 2. The summed E-state index contributed by atoms with van der Waals surface area (Å²) in [6.07, 6.45) is 7.44. The third-order valence-corrected chi connectivity index (χ3v) is 4.97. The Morgan fingerprint density at radius 2 is 2.04 bits per heavy atom. The van der Waals surface area contributed by atoms with Crippen molar-refractivity contribution in [3.05, 3.63) is 71.5 Å². The third kappa shape index (κ3) is 3.77. The summed E-state index contributed by atoms with van der Waals surface area (Å²) < 4.78 is 0. The second-order valence-electron chi connectivity index (χ2n) is 5.67. The number of rotatable bonds is 5. The zero-order chi connectivity index (χ0) is 16.2. The van der Waals surface area contributed by atoms with Crippen molar-refractivity contribution in [2.45, 2.75) is 29.6 Å². The van der Waals surface area contributed by atoms with Gasteiger partial charge in [-0.15, -0.1) is 0 Å². The molecule has 3 aromatic rings. The van der Waals surface area contributed by atoms with Gasteiger partial charge in [0.2, 0.25) is 0 Å². The normalized spacial score (nSPS) is 12.5. The van der Waals surface area contributed by atoms with Crippen molar-refractivity contribution in [1.82, 2.24) is 15.0 Å². The number of hydrogen-bond donors (Lipinski definition) is 1. The van der Waals surface area contributed by atoms with Crippen molar-refractivity contribution in [2.75, 3.05) is 0 Å². The van der Waals surface area contributed by atoms with Gasteiger partial charge >= 0.3 is 0 Å². The number of H-pyrrole nitrogens is 1. The smallest absolute Gasteiger partial charge is 0.113 e. The summed E-state index contributed by atoms with van der Waals surface area (Å²) >= 11 is 7.81. The second-order valence-corrected chi connectivity index (χ2v) is 7.22. The first-order chi connectivity index (χ1) is 11.1. The predicted molar refractivity (Wildman–Crippen MR) is 95.1 cm³/mol. The summed E-state index contributed by atoms with van der Waals surface area (Å²) in [7, 11) is 0. The van der Waals surface area contributed by atoms with E-state index in [0.717, 1.165) is 15.7 Å². The number of benzene rings is 1. The van der Waals surface area contributed by atoms with Crippen LogP contribution < -0.4 is 0 Å². The number of nitrogens with one attached hydrogen (secondary N) is 1. The molecule has 0 fully saturated rings. The van der Waals surface area contributed by atoms with Crippen LogP contribution in [0.25, 0.3) is 0 Å². The Kier molecular flexibility index (Phi) is 5.03. The molecule has 2 heterocycles. The molecule has 0 aliphatic rings. The van der Waals surface area contributed by atoms with E-state index in [1.54, 1.807) is 18.0 Å². The Balaban J connectivity index is 1.99. The first-order valence-corrected chi connectivity index (χ1v) is 8.71. The van der Waals surface area contributed by atoms with Gasteiger partial charge in [-0.05, 0) is 35.7 Å². The molecular formula is C18H18ClN3S. The van der Waals surface area contributed by atoms with Crippen LogP contribution in [0.15, 0.2) is 64.9 Å². The minimum absolute atomic E-state index is 0.181. The van der Waals surface area contributed by atoms with Crippen molar-refractivity contribution >= 4 is 23.4 Å². The summed E-state index contributed by atoms with van der Waals surface area (Å²) in [5.41, 5.74) is 1.18. The molecule has 23 heavy (non-hydrogen) atoms. The molecule has 0 aliphatic carbocycles. The van der Waals surface area contributed by atoms with E-state index in [0.29, 0.717) is 5.92 Å². The Morgan fingerprint density at radius 3 is 2.74 bits per heavy atom. The van der Waals surface area contributed by atoms with E-state index < -0.39 is 0 Å². The van der Waals surface area contributed by atoms with Gasteiger partial charge in [0.25, 0.3) is 0 Å². The van der Waals surface area contributed by atoms with Gasteiger partial charge in [0.1, 0.15) is 5.82 Å². The predicted octanol–water partition coefficient (Wildman–Crippen LogP) is 5.40. The Labute approximate surface area is 145 Å². The topological polar surface area (TPSA) is 41.6 Å². The zero-order valence-corrected chi connectivity index (χ0v) is 14.6. The highest BCUT2D eigenvalue weighted by molar-refractivity contribution is 7.99. The minimum Gasteiger partial charge on any atom is -0.348 e. The van der Waals surface area contributed by atoms with Crippen LogP contribution in [-0.4, -0.2) is 15.0 Å². The van der Waals surface area contributed by atoms with Crippen molar-refractivity contribution in [3.63, 3.8) is 0 Å². The van der Waals surface area contributed by atoms with E-state index in [4.69, 9.17) is 11.6 Å². The van der Waals surface area contributed by atoms with E-state index in [1.807, 2.05) is 36.8 Å². The highest BCUT2D eigenvalue weighted by Crippen LogP contribution is 2.38. The van der Waals surface area contributed by atoms with Crippen LogP contribution >= 0.6 is 23.4 Å². The molecule has 3 nitrogen and oxygen atoms in total.